The highest BCUT2D eigenvalue weighted by atomic mass is 35.5. The molecular weight excluding hydrogens is 383 g/mol. The van der Waals surface area contributed by atoms with E-state index in [0.29, 0.717) is 42.6 Å². The van der Waals surface area contributed by atoms with Crippen molar-refractivity contribution in [3.63, 3.8) is 0 Å². The Morgan fingerprint density at radius 1 is 1.22 bits per heavy atom. The van der Waals surface area contributed by atoms with Crippen LogP contribution in [0.4, 0.5) is 11.5 Å². The number of anilines is 2. The Morgan fingerprint density at radius 2 is 1.96 bits per heavy atom. The molecule has 0 spiro atoms. The van der Waals surface area contributed by atoms with Crippen LogP contribution in [0.2, 0.25) is 0 Å². The van der Waals surface area contributed by atoms with Crippen LogP contribution in [0.5, 0.6) is 0 Å². The number of fused-ring (bicyclic) bond motifs is 1. The molecule has 0 amide bonds. The SMILES string of the molecule is Cc1ccccc1Nc1cc(CN(CCCl)CCCl)nc2c(C#N)cnn12. The van der Waals surface area contributed by atoms with Crippen LogP contribution in [0, 0.1) is 18.3 Å². The number of nitrogens with zero attached hydrogens (tertiary/aromatic N) is 5. The Hall–Kier alpha value is -2.33. The number of hydrogen-bond acceptors (Lipinski definition) is 5. The van der Waals surface area contributed by atoms with Crippen molar-refractivity contribution in [1.29, 1.82) is 5.26 Å². The lowest BCUT2D eigenvalue weighted by Crippen LogP contribution is -2.28. The minimum Gasteiger partial charge on any atom is -0.340 e. The van der Waals surface area contributed by atoms with Gasteiger partial charge in [-0.25, -0.2) is 4.98 Å². The molecule has 0 aliphatic heterocycles. The molecule has 2 heterocycles. The first-order valence-electron chi connectivity index (χ1n) is 8.61. The molecule has 140 valence electrons. The average Bonchev–Trinajstić information content (AvgIpc) is 3.07. The molecule has 0 fully saturated rings. The molecule has 0 saturated carbocycles. The van der Waals surface area contributed by atoms with E-state index in [-0.39, 0.29) is 0 Å². The van der Waals surface area contributed by atoms with Crippen molar-refractivity contribution in [2.24, 2.45) is 0 Å². The van der Waals surface area contributed by atoms with Crippen molar-refractivity contribution in [2.45, 2.75) is 13.5 Å². The van der Waals surface area contributed by atoms with E-state index in [4.69, 9.17) is 23.2 Å². The zero-order valence-electron chi connectivity index (χ0n) is 15.0. The normalized spacial score (nSPS) is 11.1. The van der Waals surface area contributed by atoms with Gasteiger partial charge in [0.2, 0.25) is 0 Å². The second-order valence-corrected chi connectivity index (χ2v) is 6.89. The van der Waals surface area contributed by atoms with Crippen LogP contribution in [0.1, 0.15) is 16.8 Å². The zero-order chi connectivity index (χ0) is 19.2. The smallest absolute Gasteiger partial charge is 0.175 e. The van der Waals surface area contributed by atoms with Gasteiger partial charge in [-0.15, -0.1) is 23.2 Å². The highest BCUT2D eigenvalue weighted by Crippen LogP contribution is 2.23. The number of nitriles is 1. The van der Waals surface area contributed by atoms with Crippen LogP contribution < -0.4 is 5.32 Å². The fraction of sp³-hybridized carbons (Fsp3) is 0.316. The number of aromatic nitrogens is 3. The van der Waals surface area contributed by atoms with Gasteiger partial charge < -0.3 is 5.32 Å². The summed E-state index contributed by atoms with van der Waals surface area (Å²) in [6, 6.07) is 12.1. The van der Waals surface area contributed by atoms with Gasteiger partial charge in [-0.2, -0.15) is 14.9 Å². The third kappa shape index (κ3) is 4.51. The largest absolute Gasteiger partial charge is 0.340 e. The van der Waals surface area contributed by atoms with E-state index in [1.54, 1.807) is 4.52 Å². The standard InChI is InChI=1S/C19H20Cl2N6/c1-14-4-2-3-5-17(14)25-18-10-16(13-26(8-6-20)9-7-21)24-19-15(11-22)12-23-27(18)19/h2-5,10,12,25H,6-9,13H2,1H3. The van der Waals surface area contributed by atoms with E-state index in [1.165, 1.54) is 6.20 Å². The van der Waals surface area contributed by atoms with E-state index < -0.39 is 0 Å². The number of hydrogen-bond donors (Lipinski definition) is 1. The summed E-state index contributed by atoms with van der Waals surface area (Å²) in [5.74, 6) is 1.79. The third-order valence-electron chi connectivity index (χ3n) is 4.24. The lowest BCUT2D eigenvalue weighted by atomic mass is 10.2. The maximum atomic E-state index is 9.38. The molecule has 1 aromatic carbocycles. The average molecular weight is 403 g/mol. The first-order chi connectivity index (χ1) is 13.2. The lowest BCUT2D eigenvalue weighted by Gasteiger charge is -2.20. The van der Waals surface area contributed by atoms with E-state index in [0.717, 1.165) is 22.8 Å². The maximum Gasteiger partial charge on any atom is 0.175 e. The van der Waals surface area contributed by atoms with E-state index >= 15 is 0 Å². The molecule has 0 bridgehead atoms. The van der Waals surface area contributed by atoms with Crippen molar-refractivity contribution in [3.05, 3.63) is 53.3 Å². The topological polar surface area (TPSA) is 69.2 Å². The van der Waals surface area contributed by atoms with Gasteiger partial charge in [0, 0.05) is 43.1 Å². The first-order valence-corrected chi connectivity index (χ1v) is 9.68. The Morgan fingerprint density at radius 3 is 2.63 bits per heavy atom. The monoisotopic (exact) mass is 402 g/mol. The summed E-state index contributed by atoms with van der Waals surface area (Å²) in [4.78, 5) is 6.78. The van der Waals surface area contributed by atoms with Crippen molar-refractivity contribution in [2.75, 3.05) is 30.2 Å². The summed E-state index contributed by atoms with van der Waals surface area (Å²) >= 11 is 11.8. The van der Waals surface area contributed by atoms with Gasteiger partial charge in [-0.05, 0) is 18.6 Å². The van der Waals surface area contributed by atoms with E-state index in [9.17, 15) is 5.26 Å². The Kier molecular flexibility index (Phi) is 6.51. The predicted molar refractivity (Wildman–Crippen MR) is 109 cm³/mol. The molecule has 0 aliphatic rings. The van der Waals surface area contributed by atoms with E-state index in [1.807, 2.05) is 37.3 Å². The molecule has 3 rings (SSSR count). The summed E-state index contributed by atoms with van der Waals surface area (Å²) in [5.41, 5.74) is 3.88. The van der Waals surface area contributed by atoms with Crippen molar-refractivity contribution < 1.29 is 0 Å². The van der Waals surface area contributed by atoms with Gasteiger partial charge in [0.05, 0.1) is 11.9 Å². The fourth-order valence-electron chi connectivity index (χ4n) is 2.85. The van der Waals surface area contributed by atoms with Crippen molar-refractivity contribution >= 4 is 40.4 Å². The maximum absolute atomic E-state index is 9.38. The van der Waals surface area contributed by atoms with Gasteiger partial charge in [-0.1, -0.05) is 18.2 Å². The lowest BCUT2D eigenvalue weighted by molar-refractivity contribution is 0.296. The van der Waals surface area contributed by atoms with Gasteiger partial charge in [0.15, 0.2) is 5.65 Å². The van der Waals surface area contributed by atoms with Gasteiger partial charge in [-0.3, -0.25) is 4.90 Å². The summed E-state index contributed by atoms with van der Waals surface area (Å²) in [6.45, 7) is 4.06. The van der Waals surface area contributed by atoms with Crippen LogP contribution in [-0.4, -0.2) is 44.3 Å². The molecule has 1 N–H and O–H groups in total. The van der Waals surface area contributed by atoms with Crippen molar-refractivity contribution in [3.8, 4) is 6.07 Å². The van der Waals surface area contributed by atoms with E-state index in [2.05, 4.69) is 26.4 Å². The van der Waals surface area contributed by atoms with Crippen molar-refractivity contribution in [1.82, 2.24) is 19.5 Å². The quantitative estimate of drug-likeness (QED) is 0.577. The third-order valence-corrected chi connectivity index (χ3v) is 4.58. The molecule has 8 heteroatoms. The molecule has 3 aromatic rings. The number of benzene rings is 1. The van der Waals surface area contributed by atoms with Crippen LogP contribution >= 0.6 is 23.2 Å². The number of para-hydroxylation sites is 1. The number of rotatable bonds is 8. The number of aryl methyl sites for hydroxylation is 1. The Balaban J connectivity index is 2.02. The Bertz CT molecular complexity index is 956. The molecule has 0 aliphatic carbocycles. The minimum atomic E-state index is 0.436. The molecule has 27 heavy (non-hydrogen) atoms. The number of nitrogens with one attached hydrogen (secondary N) is 1. The van der Waals surface area contributed by atoms with Crippen LogP contribution in [0.3, 0.4) is 0 Å². The van der Waals surface area contributed by atoms with Crippen LogP contribution in [0.25, 0.3) is 5.65 Å². The van der Waals surface area contributed by atoms with Gasteiger partial charge in [0.25, 0.3) is 0 Å². The van der Waals surface area contributed by atoms with Gasteiger partial charge in [0.1, 0.15) is 17.5 Å². The first kappa shape index (κ1) is 19.4. The number of halogens is 2. The van der Waals surface area contributed by atoms with Gasteiger partial charge >= 0.3 is 0 Å². The predicted octanol–water partition coefficient (Wildman–Crippen LogP) is 3.93. The van der Waals surface area contributed by atoms with Crippen LogP contribution in [-0.2, 0) is 6.54 Å². The summed E-state index contributed by atoms with van der Waals surface area (Å²) in [6.07, 6.45) is 1.53. The molecule has 6 nitrogen and oxygen atoms in total. The highest BCUT2D eigenvalue weighted by Gasteiger charge is 2.14. The molecular formula is C19H20Cl2N6. The highest BCUT2D eigenvalue weighted by molar-refractivity contribution is 6.18. The molecule has 0 saturated heterocycles. The summed E-state index contributed by atoms with van der Waals surface area (Å²) in [5, 5.41) is 17.1. The zero-order valence-corrected chi connectivity index (χ0v) is 16.5. The minimum absolute atomic E-state index is 0.436. The second-order valence-electron chi connectivity index (χ2n) is 6.13. The summed E-state index contributed by atoms with van der Waals surface area (Å²) < 4.78 is 1.65. The Labute approximate surface area is 168 Å². The number of alkyl halides is 2. The second kappa shape index (κ2) is 9.05. The molecule has 0 unspecified atom stereocenters. The fourth-order valence-corrected chi connectivity index (χ4v) is 3.33. The van der Waals surface area contributed by atoms with Crippen LogP contribution in [0.15, 0.2) is 36.5 Å². The molecule has 0 atom stereocenters. The molecule has 2 aromatic heterocycles. The molecule has 0 radical (unpaired) electrons. The summed E-state index contributed by atoms with van der Waals surface area (Å²) in [7, 11) is 0.